The van der Waals surface area contributed by atoms with E-state index in [4.69, 9.17) is 11.6 Å². The number of carbonyl (C=O) groups is 1. The number of rotatable bonds is 8. The Bertz CT molecular complexity index is 701. The number of nitrogens with one attached hydrogen (secondary N) is 1. The van der Waals surface area contributed by atoms with Crippen molar-refractivity contribution in [2.45, 2.75) is 32.1 Å². The quantitative estimate of drug-likeness (QED) is 0.753. The number of aromatic nitrogens is 2. The normalized spacial score (nSPS) is 17.8. The third-order valence-corrected chi connectivity index (χ3v) is 5.63. The Morgan fingerprint density at radius 2 is 2.11 bits per heavy atom. The molecule has 0 spiro atoms. The summed E-state index contributed by atoms with van der Waals surface area (Å²) in [6, 6.07) is 8.13. The number of benzene rings is 1. The Balaban J connectivity index is 1.40. The standard InChI is InChI=1S/C21H29ClN4O/c1-25(21(27)9-6-18-13-23-24-14-18)15-19-3-2-11-26(16-19)12-10-17-4-7-20(22)8-5-17/h4-5,7-8,13-14,19H,2-3,6,9-12,15-16H2,1H3,(H,23,24). The van der Waals surface area contributed by atoms with Gasteiger partial charge in [0.15, 0.2) is 0 Å². The molecule has 0 saturated carbocycles. The van der Waals surface area contributed by atoms with Gasteiger partial charge >= 0.3 is 0 Å². The van der Waals surface area contributed by atoms with Crippen molar-refractivity contribution in [2.75, 3.05) is 33.2 Å². The molecule has 6 heteroatoms. The van der Waals surface area contributed by atoms with Crippen molar-refractivity contribution >= 4 is 17.5 Å². The maximum atomic E-state index is 12.4. The van der Waals surface area contributed by atoms with E-state index in [-0.39, 0.29) is 5.91 Å². The number of halogens is 1. The van der Waals surface area contributed by atoms with Crippen molar-refractivity contribution in [1.82, 2.24) is 20.0 Å². The third-order valence-electron chi connectivity index (χ3n) is 5.37. The predicted octanol–water partition coefficient (Wildman–Crippen LogP) is 3.41. The van der Waals surface area contributed by atoms with E-state index in [9.17, 15) is 4.79 Å². The molecule has 1 amide bonds. The summed E-state index contributed by atoms with van der Waals surface area (Å²) in [4.78, 5) is 16.8. The first-order valence-electron chi connectivity index (χ1n) is 9.78. The summed E-state index contributed by atoms with van der Waals surface area (Å²) in [7, 11) is 1.93. The predicted molar refractivity (Wildman–Crippen MR) is 109 cm³/mol. The van der Waals surface area contributed by atoms with E-state index in [1.54, 1.807) is 6.20 Å². The molecule has 27 heavy (non-hydrogen) atoms. The number of H-pyrrole nitrogens is 1. The Kier molecular flexibility index (Phi) is 7.30. The summed E-state index contributed by atoms with van der Waals surface area (Å²) in [5, 5.41) is 7.51. The molecule has 0 radical (unpaired) electrons. The Morgan fingerprint density at radius 3 is 2.85 bits per heavy atom. The van der Waals surface area contributed by atoms with Crippen LogP contribution in [0, 0.1) is 5.92 Å². The highest BCUT2D eigenvalue weighted by Crippen LogP contribution is 2.19. The fraction of sp³-hybridized carbons (Fsp3) is 0.524. The molecule has 1 aromatic carbocycles. The van der Waals surface area contributed by atoms with Gasteiger partial charge < -0.3 is 9.80 Å². The number of hydrogen-bond acceptors (Lipinski definition) is 3. The number of piperidine rings is 1. The molecule has 1 fully saturated rings. The first-order valence-corrected chi connectivity index (χ1v) is 10.2. The van der Waals surface area contributed by atoms with E-state index in [2.05, 4.69) is 27.2 Å². The molecular weight excluding hydrogens is 360 g/mol. The second-order valence-corrected chi connectivity index (χ2v) is 8.00. The van der Waals surface area contributed by atoms with Crippen LogP contribution in [0.5, 0.6) is 0 Å². The second kappa shape index (κ2) is 9.90. The van der Waals surface area contributed by atoms with Crippen LogP contribution in [0.2, 0.25) is 5.02 Å². The van der Waals surface area contributed by atoms with Gasteiger partial charge in [0.25, 0.3) is 0 Å². The average molecular weight is 389 g/mol. The molecule has 1 aromatic heterocycles. The summed E-state index contributed by atoms with van der Waals surface area (Å²) in [6.07, 6.45) is 8.39. The minimum atomic E-state index is 0.217. The molecule has 1 atom stereocenters. The highest BCUT2D eigenvalue weighted by atomic mass is 35.5. The maximum Gasteiger partial charge on any atom is 0.222 e. The molecule has 3 rings (SSSR count). The molecule has 5 nitrogen and oxygen atoms in total. The molecular formula is C21H29ClN4O. The van der Waals surface area contributed by atoms with Gasteiger partial charge in [0.1, 0.15) is 0 Å². The van der Waals surface area contributed by atoms with Crippen molar-refractivity contribution in [3.63, 3.8) is 0 Å². The summed E-state index contributed by atoms with van der Waals surface area (Å²) in [6.45, 7) is 4.15. The van der Waals surface area contributed by atoms with Gasteiger partial charge in [-0.15, -0.1) is 0 Å². The Morgan fingerprint density at radius 1 is 1.30 bits per heavy atom. The van der Waals surface area contributed by atoms with Crippen molar-refractivity contribution in [2.24, 2.45) is 5.92 Å². The summed E-state index contributed by atoms with van der Waals surface area (Å²) in [5.74, 6) is 0.779. The van der Waals surface area contributed by atoms with Crippen LogP contribution in [0.4, 0.5) is 0 Å². The Hall–Kier alpha value is -1.85. The van der Waals surface area contributed by atoms with Crippen LogP contribution in [-0.4, -0.2) is 59.1 Å². The molecule has 1 N–H and O–H groups in total. The van der Waals surface area contributed by atoms with Crippen LogP contribution in [0.3, 0.4) is 0 Å². The third kappa shape index (κ3) is 6.36. The SMILES string of the molecule is CN(CC1CCCN(CCc2ccc(Cl)cc2)C1)C(=O)CCc1cn[nH]c1. The van der Waals surface area contributed by atoms with Gasteiger partial charge in [0, 0.05) is 44.3 Å². The highest BCUT2D eigenvalue weighted by Gasteiger charge is 2.22. The minimum Gasteiger partial charge on any atom is -0.345 e. The van der Waals surface area contributed by atoms with Crippen LogP contribution >= 0.6 is 11.6 Å². The first kappa shape index (κ1) is 19.9. The minimum absolute atomic E-state index is 0.217. The highest BCUT2D eigenvalue weighted by molar-refractivity contribution is 6.30. The molecule has 0 aliphatic carbocycles. The maximum absolute atomic E-state index is 12.4. The lowest BCUT2D eigenvalue weighted by Gasteiger charge is -2.34. The van der Waals surface area contributed by atoms with Crippen LogP contribution in [0.15, 0.2) is 36.7 Å². The van der Waals surface area contributed by atoms with Crippen molar-refractivity contribution in [3.05, 3.63) is 52.8 Å². The van der Waals surface area contributed by atoms with Gasteiger partial charge in [-0.1, -0.05) is 23.7 Å². The fourth-order valence-corrected chi connectivity index (χ4v) is 3.91. The zero-order valence-electron chi connectivity index (χ0n) is 16.0. The summed E-state index contributed by atoms with van der Waals surface area (Å²) in [5.41, 5.74) is 2.41. The number of amides is 1. The van der Waals surface area contributed by atoms with E-state index < -0.39 is 0 Å². The van der Waals surface area contributed by atoms with Crippen LogP contribution in [0.25, 0.3) is 0 Å². The number of aromatic amines is 1. The molecule has 1 aliphatic heterocycles. The Labute approximate surface area is 166 Å². The number of nitrogens with zero attached hydrogens (tertiary/aromatic N) is 3. The van der Waals surface area contributed by atoms with Crippen LogP contribution in [-0.2, 0) is 17.6 Å². The molecule has 1 aliphatic rings. The van der Waals surface area contributed by atoms with Crippen LogP contribution < -0.4 is 0 Å². The number of likely N-dealkylation sites (tertiary alicyclic amines) is 1. The zero-order valence-corrected chi connectivity index (χ0v) is 16.8. The lowest BCUT2D eigenvalue weighted by molar-refractivity contribution is -0.130. The smallest absolute Gasteiger partial charge is 0.222 e. The molecule has 1 unspecified atom stereocenters. The van der Waals surface area contributed by atoms with E-state index in [1.807, 2.05) is 30.3 Å². The number of hydrogen-bond donors (Lipinski definition) is 1. The number of carbonyl (C=O) groups excluding carboxylic acids is 1. The van der Waals surface area contributed by atoms with Gasteiger partial charge in [-0.2, -0.15) is 5.10 Å². The summed E-state index contributed by atoms with van der Waals surface area (Å²) < 4.78 is 0. The van der Waals surface area contributed by atoms with Gasteiger partial charge in [0.05, 0.1) is 6.20 Å². The topological polar surface area (TPSA) is 52.2 Å². The van der Waals surface area contributed by atoms with Crippen molar-refractivity contribution in [3.8, 4) is 0 Å². The molecule has 146 valence electrons. The lowest BCUT2D eigenvalue weighted by Crippen LogP contribution is -2.42. The van der Waals surface area contributed by atoms with Gasteiger partial charge in [-0.25, -0.2) is 0 Å². The average Bonchev–Trinajstić information content (AvgIpc) is 3.19. The molecule has 2 heterocycles. The van der Waals surface area contributed by atoms with Crippen LogP contribution in [0.1, 0.15) is 30.4 Å². The lowest BCUT2D eigenvalue weighted by atomic mass is 9.97. The van der Waals surface area contributed by atoms with E-state index >= 15 is 0 Å². The van der Waals surface area contributed by atoms with Gasteiger partial charge in [-0.05, 0) is 61.4 Å². The first-order chi connectivity index (χ1) is 13.1. The van der Waals surface area contributed by atoms with Gasteiger partial charge in [0.2, 0.25) is 5.91 Å². The monoisotopic (exact) mass is 388 g/mol. The van der Waals surface area contributed by atoms with E-state index in [1.165, 1.54) is 18.4 Å². The van der Waals surface area contributed by atoms with E-state index in [0.29, 0.717) is 12.3 Å². The number of aryl methyl sites for hydroxylation is 1. The molecule has 1 saturated heterocycles. The molecule has 2 aromatic rings. The fourth-order valence-electron chi connectivity index (χ4n) is 3.79. The largest absolute Gasteiger partial charge is 0.345 e. The van der Waals surface area contributed by atoms with Crippen molar-refractivity contribution < 1.29 is 4.79 Å². The summed E-state index contributed by atoms with van der Waals surface area (Å²) >= 11 is 5.96. The van der Waals surface area contributed by atoms with Crippen molar-refractivity contribution in [1.29, 1.82) is 0 Å². The van der Waals surface area contributed by atoms with Gasteiger partial charge in [-0.3, -0.25) is 9.89 Å². The van der Waals surface area contributed by atoms with E-state index in [0.717, 1.165) is 49.6 Å². The zero-order chi connectivity index (χ0) is 19.1. The molecule has 0 bridgehead atoms. The second-order valence-electron chi connectivity index (χ2n) is 7.57.